The van der Waals surface area contributed by atoms with E-state index in [2.05, 4.69) is 31.3 Å². The van der Waals surface area contributed by atoms with Gasteiger partial charge in [-0.1, -0.05) is 50.2 Å². The predicted octanol–water partition coefficient (Wildman–Crippen LogP) is 4.69. The van der Waals surface area contributed by atoms with Gasteiger partial charge in [0.1, 0.15) is 0 Å². The summed E-state index contributed by atoms with van der Waals surface area (Å²) in [6, 6.07) is 12.4. The lowest BCUT2D eigenvalue weighted by Crippen LogP contribution is -2.44. The van der Waals surface area contributed by atoms with Crippen molar-refractivity contribution in [2.24, 2.45) is 0 Å². The monoisotopic (exact) mass is 473 g/mol. The van der Waals surface area contributed by atoms with Crippen molar-refractivity contribution in [3.63, 3.8) is 0 Å². The van der Waals surface area contributed by atoms with E-state index < -0.39 is 18.1 Å². The van der Waals surface area contributed by atoms with E-state index in [1.54, 1.807) is 12.1 Å². The average Bonchev–Trinajstić information content (AvgIpc) is 3.28. The topological polar surface area (TPSA) is 52.7 Å². The number of fused-ring (bicyclic) bond motifs is 1. The first-order valence-corrected chi connectivity index (χ1v) is 11.5. The summed E-state index contributed by atoms with van der Waals surface area (Å²) >= 11 is 0. The third-order valence-electron chi connectivity index (χ3n) is 7.16. The second-order valence-electron chi connectivity index (χ2n) is 9.77. The summed E-state index contributed by atoms with van der Waals surface area (Å²) in [4.78, 5) is 26.4. The summed E-state index contributed by atoms with van der Waals surface area (Å²) in [6.45, 7) is 4.39. The van der Waals surface area contributed by atoms with Gasteiger partial charge in [-0.2, -0.15) is 13.2 Å². The molecule has 1 aliphatic heterocycles. The average molecular weight is 474 g/mol. The van der Waals surface area contributed by atoms with Gasteiger partial charge in [-0.05, 0) is 41.7 Å². The van der Waals surface area contributed by atoms with Gasteiger partial charge in [0.25, 0.3) is 0 Å². The van der Waals surface area contributed by atoms with Crippen molar-refractivity contribution in [3.05, 3.63) is 65.2 Å². The molecule has 1 N–H and O–H groups in total. The number of alkyl halides is 3. The number of hydrogen-bond donors (Lipinski definition) is 1. The number of anilines is 1. The van der Waals surface area contributed by atoms with Crippen LogP contribution < -0.4 is 5.32 Å². The highest BCUT2D eigenvalue weighted by Crippen LogP contribution is 2.41. The Bertz CT molecular complexity index is 1070. The molecule has 1 aliphatic carbocycles. The molecule has 2 unspecified atom stereocenters. The molecule has 0 aromatic heterocycles. The summed E-state index contributed by atoms with van der Waals surface area (Å²) < 4.78 is 42.0. The Hall–Kier alpha value is -3.03. The molecule has 5 nitrogen and oxygen atoms in total. The molecular weight excluding hydrogens is 443 g/mol. The number of hydrogen-bond acceptors (Lipinski definition) is 3. The van der Waals surface area contributed by atoms with E-state index in [9.17, 15) is 22.8 Å². The van der Waals surface area contributed by atoms with Crippen molar-refractivity contribution < 1.29 is 22.8 Å². The quantitative estimate of drug-likeness (QED) is 0.663. The van der Waals surface area contributed by atoms with E-state index in [0.717, 1.165) is 19.2 Å². The number of likely N-dealkylation sites (tertiary alicyclic amines) is 1. The van der Waals surface area contributed by atoms with Gasteiger partial charge in [0, 0.05) is 37.2 Å². The number of carbonyl (C=O) groups is 2. The molecule has 8 heteroatoms. The molecule has 4 rings (SSSR count). The highest BCUT2D eigenvalue weighted by Gasteiger charge is 2.45. The van der Waals surface area contributed by atoms with Crippen LogP contribution in [-0.4, -0.2) is 54.0 Å². The third-order valence-corrected chi connectivity index (χ3v) is 7.16. The Kier molecular flexibility index (Phi) is 6.36. The molecule has 2 amide bonds. The van der Waals surface area contributed by atoms with E-state index in [1.165, 1.54) is 28.2 Å². The number of carbonyl (C=O) groups excluding carboxylic acids is 2. The van der Waals surface area contributed by atoms with Crippen LogP contribution in [0.1, 0.15) is 49.4 Å². The first kappa shape index (κ1) is 24.1. The van der Waals surface area contributed by atoms with Crippen molar-refractivity contribution in [2.75, 3.05) is 25.5 Å². The molecule has 2 aromatic rings. The molecule has 2 aromatic carbocycles. The molecule has 0 bridgehead atoms. The van der Waals surface area contributed by atoms with Gasteiger partial charge in [0.2, 0.25) is 11.8 Å². The molecule has 0 radical (unpaired) electrons. The van der Waals surface area contributed by atoms with Gasteiger partial charge in [-0.3, -0.25) is 9.59 Å². The highest BCUT2D eigenvalue weighted by atomic mass is 19.4. The molecule has 182 valence electrons. The van der Waals surface area contributed by atoms with Crippen molar-refractivity contribution in [3.8, 4) is 0 Å². The number of benzene rings is 2. The number of nitrogens with zero attached hydrogens (tertiary/aromatic N) is 2. The third kappa shape index (κ3) is 4.63. The fourth-order valence-corrected chi connectivity index (χ4v) is 5.11. The smallest absolute Gasteiger partial charge is 0.381 e. The van der Waals surface area contributed by atoms with Crippen LogP contribution in [0, 0.1) is 0 Å². The summed E-state index contributed by atoms with van der Waals surface area (Å²) in [5, 5.41) is 3.48. The number of amides is 2. The van der Waals surface area contributed by atoms with Crippen molar-refractivity contribution in [1.29, 1.82) is 0 Å². The van der Waals surface area contributed by atoms with Crippen LogP contribution in [0.2, 0.25) is 0 Å². The Balaban J connectivity index is 1.49. The van der Waals surface area contributed by atoms with Gasteiger partial charge in [-0.15, -0.1) is 0 Å². The lowest BCUT2D eigenvalue weighted by Gasteiger charge is -2.32. The normalized spacial score (nSPS) is 20.2. The van der Waals surface area contributed by atoms with Crippen molar-refractivity contribution in [1.82, 2.24) is 9.80 Å². The SMILES string of the molecule is CN(C(=O)CN1CCCC1=O)C(c1ccc(NC2Cc3ccccc3C2(C)C)cc1)C(F)(F)F. The summed E-state index contributed by atoms with van der Waals surface area (Å²) in [6.07, 6.45) is -2.86. The van der Waals surface area contributed by atoms with Crippen LogP contribution in [0.15, 0.2) is 48.5 Å². The van der Waals surface area contributed by atoms with Gasteiger partial charge in [0.05, 0.1) is 6.54 Å². The van der Waals surface area contributed by atoms with Gasteiger partial charge in [0.15, 0.2) is 6.04 Å². The van der Waals surface area contributed by atoms with E-state index in [4.69, 9.17) is 0 Å². The minimum Gasteiger partial charge on any atom is -0.381 e. The largest absolute Gasteiger partial charge is 0.413 e. The highest BCUT2D eigenvalue weighted by molar-refractivity contribution is 5.86. The van der Waals surface area contributed by atoms with Crippen LogP contribution in [0.3, 0.4) is 0 Å². The van der Waals surface area contributed by atoms with E-state index >= 15 is 0 Å². The van der Waals surface area contributed by atoms with Crippen LogP contribution in [0.5, 0.6) is 0 Å². The fraction of sp³-hybridized carbons (Fsp3) is 0.462. The van der Waals surface area contributed by atoms with Gasteiger partial charge in [-0.25, -0.2) is 0 Å². The molecule has 34 heavy (non-hydrogen) atoms. The second-order valence-corrected chi connectivity index (χ2v) is 9.77. The Labute approximate surface area is 197 Å². The zero-order valence-corrected chi connectivity index (χ0v) is 19.7. The maximum absolute atomic E-state index is 14.0. The Morgan fingerprint density at radius 2 is 1.85 bits per heavy atom. The number of likely N-dealkylation sites (N-methyl/N-ethyl adjacent to an activating group) is 1. The number of rotatable bonds is 6. The van der Waals surface area contributed by atoms with Crippen molar-refractivity contribution >= 4 is 17.5 Å². The van der Waals surface area contributed by atoms with Gasteiger partial charge >= 0.3 is 6.18 Å². The van der Waals surface area contributed by atoms with E-state index in [-0.39, 0.29) is 29.5 Å². The van der Waals surface area contributed by atoms with Crippen LogP contribution >= 0.6 is 0 Å². The Morgan fingerprint density at radius 3 is 2.44 bits per heavy atom. The summed E-state index contributed by atoms with van der Waals surface area (Å²) in [7, 11) is 1.14. The predicted molar refractivity (Wildman–Crippen MR) is 124 cm³/mol. The zero-order valence-electron chi connectivity index (χ0n) is 19.7. The number of nitrogens with one attached hydrogen (secondary N) is 1. The van der Waals surface area contributed by atoms with Crippen molar-refractivity contribution in [2.45, 2.75) is 56.8 Å². The first-order valence-electron chi connectivity index (χ1n) is 11.5. The lowest BCUT2D eigenvalue weighted by molar-refractivity contribution is -0.189. The summed E-state index contributed by atoms with van der Waals surface area (Å²) in [5.41, 5.74) is 3.14. The molecule has 2 atom stereocenters. The number of halogens is 3. The molecule has 1 fully saturated rings. The minimum atomic E-state index is -4.65. The maximum atomic E-state index is 14.0. The standard InChI is InChI=1S/C26H30F3N3O2/c1-25(2)20-8-5-4-7-18(20)15-21(25)30-19-12-10-17(11-13-19)24(26(27,28)29)31(3)23(34)16-32-14-6-9-22(32)33/h4-5,7-8,10-13,21,24,30H,6,9,14-16H2,1-3H3. The fourth-order valence-electron chi connectivity index (χ4n) is 5.11. The molecule has 0 saturated carbocycles. The molecule has 1 heterocycles. The molecule has 1 saturated heterocycles. The van der Waals surface area contributed by atoms with Crippen LogP contribution in [0.25, 0.3) is 0 Å². The zero-order chi connectivity index (χ0) is 24.7. The molecule has 0 spiro atoms. The van der Waals surface area contributed by atoms with Crippen LogP contribution in [0.4, 0.5) is 18.9 Å². The first-order chi connectivity index (χ1) is 16.0. The Morgan fingerprint density at radius 1 is 1.18 bits per heavy atom. The van der Waals surface area contributed by atoms with E-state index in [0.29, 0.717) is 24.3 Å². The lowest BCUT2D eigenvalue weighted by atomic mass is 9.83. The molecule has 2 aliphatic rings. The van der Waals surface area contributed by atoms with E-state index in [1.807, 2.05) is 12.1 Å². The maximum Gasteiger partial charge on any atom is 0.413 e. The second kappa shape index (κ2) is 8.96. The minimum absolute atomic E-state index is 0.0179. The van der Waals surface area contributed by atoms with Gasteiger partial charge < -0.3 is 15.1 Å². The molecular formula is C26H30F3N3O2. The van der Waals surface area contributed by atoms with Crippen LogP contribution in [-0.2, 0) is 21.4 Å². The summed E-state index contributed by atoms with van der Waals surface area (Å²) in [5.74, 6) is -0.928.